The van der Waals surface area contributed by atoms with E-state index in [1.54, 1.807) is 0 Å². The van der Waals surface area contributed by atoms with Crippen LogP contribution in [0, 0.1) is 0 Å². The van der Waals surface area contributed by atoms with E-state index in [4.69, 9.17) is 18.9 Å². The lowest BCUT2D eigenvalue weighted by molar-refractivity contribution is -0.870. The molecule has 0 saturated heterocycles. The first-order chi connectivity index (χ1) is 25.6. The highest BCUT2D eigenvalue weighted by molar-refractivity contribution is 5.70. The minimum atomic E-state index is -1.64. The fourth-order valence-corrected chi connectivity index (χ4v) is 5.37. The Balaban J connectivity index is 4.57. The highest BCUT2D eigenvalue weighted by atomic mass is 16.7. The molecule has 0 amide bonds. The van der Waals surface area contributed by atoms with Crippen LogP contribution in [0.5, 0.6) is 0 Å². The molecule has 0 aliphatic rings. The average molecular weight is 748 g/mol. The standard InChI is InChI=1S/C44H77NO8/c1-6-8-10-12-14-16-18-20-21-23-24-26-28-30-32-34-41(46)51-38-40(39-52-44(43(48)49)50-37-36-45(3,4)5)53-42(47)35-33-31-29-27-25-22-19-17-15-13-11-9-7-2/h9,11,15,17,22,25,29,31,40,44H,6-8,10,12-14,16,18-21,23-24,26-28,30,32-39H2,1-5H3/b11-9-,17-15-,25-22-,31-29-. The molecule has 0 rings (SSSR count). The van der Waals surface area contributed by atoms with Crippen LogP contribution in [0.2, 0.25) is 0 Å². The second kappa shape index (κ2) is 36.2. The summed E-state index contributed by atoms with van der Waals surface area (Å²) >= 11 is 0. The third kappa shape index (κ3) is 37.4. The van der Waals surface area contributed by atoms with Gasteiger partial charge in [0.2, 0.25) is 0 Å². The molecule has 0 fully saturated rings. The number of hydrogen-bond donors (Lipinski definition) is 0. The first-order valence-corrected chi connectivity index (χ1v) is 20.8. The molecule has 0 aromatic carbocycles. The van der Waals surface area contributed by atoms with Crippen LogP contribution in [0.15, 0.2) is 48.6 Å². The number of esters is 2. The summed E-state index contributed by atoms with van der Waals surface area (Å²) in [5, 5.41) is 11.6. The van der Waals surface area contributed by atoms with E-state index in [-0.39, 0.29) is 38.6 Å². The molecule has 0 aliphatic carbocycles. The molecule has 0 heterocycles. The van der Waals surface area contributed by atoms with Crippen molar-refractivity contribution in [1.82, 2.24) is 0 Å². The van der Waals surface area contributed by atoms with Crippen LogP contribution in [-0.2, 0) is 33.3 Å². The van der Waals surface area contributed by atoms with Gasteiger partial charge >= 0.3 is 11.9 Å². The average Bonchev–Trinajstić information content (AvgIpc) is 3.11. The Bertz CT molecular complexity index is 1010. The van der Waals surface area contributed by atoms with Gasteiger partial charge in [-0.15, -0.1) is 0 Å². The fraction of sp³-hybridized carbons (Fsp3) is 0.750. The minimum Gasteiger partial charge on any atom is -0.545 e. The molecule has 9 heteroatoms. The molecule has 306 valence electrons. The van der Waals surface area contributed by atoms with Crippen molar-refractivity contribution in [3.63, 3.8) is 0 Å². The lowest BCUT2D eigenvalue weighted by Gasteiger charge is -2.26. The lowest BCUT2D eigenvalue weighted by atomic mass is 10.0. The Morgan fingerprint density at radius 3 is 1.57 bits per heavy atom. The number of carboxylic acid groups (broad SMARTS) is 1. The van der Waals surface area contributed by atoms with Crippen molar-refractivity contribution in [2.24, 2.45) is 0 Å². The number of carbonyl (C=O) groups excluding carboxylic acids is 3. The molecule has 0 aliphatic heterocycles. The van der Waals surface area contributed by atoms with E-state index < -0.39 is 24.3 Å². The van der Waals surface area contributed by atoms with Gasteiger partial charge < -0.3 is 33.3 Å². The van der Waals surface area contributed by atoms with Gasteiger partial charge in [0.1, 0.15) is 13.2 Å². The van der Waals surface area contributed by atoms with Gasteiger partial charge in [0.25, 0.3) is 0 Å². The maximum absolute atomic E-state index is 12.6. The van der Waals surface area contributed by atoms with Crippen molar-refractivity contribution < 1.29 is 42.9 Å². The number of aliphatic carboxylic acids is 1. The predicted octanol–water partition coefficient (Wildman–Crippen LogP) is 9.10. The number of quaternary nitrogens is 1. The molecular formula is C44H77NO8. The molecule has 2 unspecified atom stereocenters. The van der Waals surface area contributed by atoms with Gasteiger partial charge in [-0.25, -0.2) is 0 Å². The smallest absolute Gasteiger partial charge is 0.306 e. The Hall–Kier alpha value is -2.75. The number of rotatable bonds is 37. The Morgan fingerprint density at radius 1 is 0.585 bits per heavy atom. The van der Waals surface area contributed by atoms with Gasteiger partial charge in [0, 0.05) is 12.8 Å². The Kier molecular flexibility index (Phi) is 34.4. The number of carbonyl (C=O) groups is 3. The number of carboxylic acids is 1. The predicted molar refractivity (Wildman–Crippen MR) is 214 cm³/mol. The van der Waals surface area contributed by atoms with Gasteiger partial charge in [-0.3, -0.25) is 9.59 Å². The number of hydrogen-bond acceptors (Lipinski definition) is 8. The molecule has 0 saturated carbocycles. The third-order valence-corrected chi connectivity index (χ3v) is 8.60. The van der Waals surface area contributed by atoms with Crippen molar-refractivity contribution >= 4 is 17.9 Å². The highest BCUT2D eigenvalue weighted by Gasteiger charge is 2.21. The van der Waals surface area contributed by atoms with Crippen LogP contribution in [0.25, 0.3) is 0 Å². The Labute approximate surface area is 323 Å². The summed E-state index contributed by atoms with van der Waals surface area (Å²) in [7, 11) is 5.88. The summed E-state index contributed by atoms with van der Waals surface area (Å²) in [5.74, 6) is -2.40. The van der Waals surface area contributed by atoms with Crippen molar-refractivity contribution in [2.45, 2.75) is 167 Å². The number of nitrogens with zero attached hydrogens (tertiary/aromatic N) is 1. The molecule has 0 aromatic heterocycles. The van der Waals surface area contributed by atoms with E-state index in [9.17, 15) is 19.5 Å². The minimum absolute atomic E-state index is 0.127. The second-order valence-corrected chi connectivity index (χ2v) is 14.9. The van der Waals surface area contributed by atoms with E-state index in [0.29, 0.717) is 17.4 Å². The van der Waals surface area contributed by atoms with Gasteiger partial charge in [-0.1, -0.05) is 152 Å². The van der Waals surface area contributed by atoms with Crippen molar-refractivity contribution in [2.75, 3.05) is 47.5 Å². The van der Waals surface area contributed by atoms with E-state index in [2.05, 4.69) is 50.3 Å². The monoisotopic (exact) mass is 748 g/mol. The molecule has 0 aromatic rings. The zero-order chi connectivity index (χ0) is 39.3. The largest absolute Gasteiger partial charge is 0.545 e. The summed E-state index contributed by atoms with van der Waals surface area (Å²) < 4.78 is 22.4. The first-order valence-electron chi connectivity index (χ1n) is 20.8. The zero-order valence-electron chi connectivity index (χ0n) is 34.4. The molecule has 53 heavy (non-hydrogen) atoms. The topological polar surface area (TPSA) is 111 Å². The van der Waals surface area contributed by atoms with Crippen LogP contribution < -0.4 is 5.11 Å². The normalized spacial score (nSPS) is 13.5. The summed E-state index contributed by atoms with van der Waals surface area (Å²) in [6.07, 6.45) is 37.3. The molecular weight excluding hydrogens is 670 g/mol. The number of unbranched alkanes of at least 4 members (excludes halogenated alkanes) is 14. The molecule has 0 N–H and O–H groups in total. The second-order valence-electron chi connectivity index (χ2n) is 14.9. The molecule has 0 spiro atoms. The summed E-state index contributed by atoms with van der Waals surface area (Å²) in [4.78, 5) is 36.8. The van der Waals surface area contributed by atoms with E-state index >= 15 is 0 Å². The van der Waals surface area contributed by atoms with E-state index in [0.717, 1.165) is 44.9 Å². The van der Waals surface area contributed by atoms with Crippen LogP contribution in [0.3, 0.4) is 0 Å². The molecule has 2 atom stereocenters. The first kappa shape index (κ1) is 50.2. The maximum Gasteiger partial charge on any atom is 0.306 e. The lowest BCUT2D eigenvalue weighted by Crippen LogP contribution is -2.44. The van der Waals surface area contributed by atoms with Crippen LogP contribution in [0.1, 0.15) is 155 Å². The number of allylic oxidation sites excluding steroid dienone is 8. The summed E-state index contributed by atoms with van der Waals surface area (Å²) in [5.41, 5.74) is 0. The maximum atomic E-state index is 12.6. The van der Waals surface area contributed by atoms with E-state index in [1.165, 1.54) is 77.0 Å². The Morgan fingerprint density at radius 2 is 1.08 bits per heavy atom. The van der Waals surface area contributed by atoms with Crippen molar-refractivity contribution in [3.05, 3.63) is 48.6 Å². The van der Waals surface area contributed by atoms with Crippen LogP contribution >= 0.6 is 0 Å². The quantitative estimate of drug-likeness (QED) is 0.0204. The molecule has 0 bridgehead atoms. The zero-order valence-corrected chi connectivity index (χ0v) is 34.4. The van der Waals surface area contributed by atoms with Crippen molar-refractivity contribution in [1.29, 1.82) is 0 Å². The summed E-state index contributed by atoms with van der Waals surface area (Å²) in [6.45, 7) is 4.52. The van der Waals surface area contributed by atoms with Gasteiger partial charge in [-0.2, -0.15) is 0 Å². The van der Waals surface area contributed by atoms with Gasteiger partial charge in [-0.05, 0) is 38.5 Å². The van der Waals surface area contributed by atoms with E-state index in [1.807, 2.05) is 33.3 Å². The fourth-order valence-electron chi connectivity index (χ4n) is 5.37. The SMILES string of the molecule is CC/C=C\C/C=C\C/C=C\C/C=C\CCC(=O)OC(COC(=O)CCCCCCCCCCCCCCCCC)COC(OCC[N+](C)(C)C)C(=O)[O-]. The molecule has 9 nitrogen and oxygen atoms in total. The van der Waals surface area contributed by atoms with Crippen LogP contribution in [-0.4, -0.2) is 82.3 Å². The highest BCUT2D eigenvalue weighted by Crippen LogP contribution is 2.14. The van der Waals surface area contributed by atoms with Gasteiger partial charge in [0.05, 0.1) is 40.3 Å². The number of ether oxygens (including phenoxy) is 4. The van der Waals surface area contributed by atoms with Gasteiger partial charge in [0.15, 0.2) is 12.4 Å². The third-order valence-electron chi connectivity index (χ3n) is 8.60. The van der Waals surface area contributed by atoms with Crippen molar-refractivity contribution in [3.8, 4) is 0 Å². The number of likely N-dealkylation sites (N-methyl/N-ethyl adjacent to an activating group) is 1. The summed E-state index contributed by atoms with van der Waals surface area (Å²) in [6, 6.07) is 0. The molecule has 0 radical (unpaired) electrons. The van der Waals surface area contributed by atoms with Crippen LogP contribution in [0.4, 0.5) is 0 Å².